The van der Waals surface area contributed by atoms with Crippen molar-refractivity contribution >= 4 is 0 Å². The van der Waals surface area contributed by atoms with Crippen molar-refractivity contribution in [1.82, 2.24) is 5.01 Å². The first kappa shape index (κ1) is 4.09. The molecule has 36 valence electrons. The second-order valence-corrected chi connectivity index (χ2v) is 2.42. The van der Waals surface area contributed by atoms with Crippen LogP contribution in [0.3, 0.4) is 0 Å². The minimum atomic E-state index is 1.07. The molecule has 0 saturated carbocycles. The molecule has 0 spiro atoms. The van der Waals surface area contributed by atoms with Crippen molar-refractivity contribution < 1.29 is 4.59 Å². The third-order valence-electron chi connectivity index (χ3n) is 1.39. The van der Waals surface area contributed by atoms with Crippen molar-refractivity contribution in [3.8, 4) is 0 Å². The van der Waals surface area contributed by atoms with Gasteiger partial charge in [0.15, 0.2) is 6.67 Å². The summed E-state index contributed by atoms with van der Waals surface area (Å²) < 4.78 is 1.07. The molecule has 0 bridgehead atoms. The van der Waals surface area contributed by atoms with Gasteiger partial charge in [-0.15, -0.1) is 5.01 Å². The van der Waals surface area contributed by atoms with E-state index in [-0.39, 0.29) is 0 Å². The summed E-state index contributed by atoms with van der Waals surface area (Å²) in [6, 6.07) is 0. The first-order chi connectivity index (χ1) is 2.63. The molecule has 1 fully saturated rings. The maximum atomic E-state index is 2.25. The SMILES string of the molecule is CN1C[N+]1(C)C. The van der Waals surface area contributed by atoms with Gasteiger partial charge in [0.1, 0.15) is 0 Å². The Labute approximate surface area is 38.5 Å². The van der Waals surface area contributed by atoms with Crippen LogP contribution in [0.5, 0.6) is 0 Å². The highest BCUT2D eigenvalue weighted by Gasteiger charge is 2.40. The summed E-state index contributed by atoms with van der Waals surface area (Å²) in [7, 11) is 6.47. The van der Waals surface area contributed by atoms with Crippen LogP contribution in [-0.2, 0) is 0 Å². The van der Waals surface area contributed by atoms with E-state index in [9.17, 15) is 0 Å². The number of rotatable bonds is 0. The van der Waals surface area contributed by atoms with Gasteiger partial charge in [-0.1, -0.05) is 0 Å². The molecular weight excluding hydrogens is 76.1 g/mol. The third kappa shape index (κ3) is 0.420. The van der Waals surface area contributed by atoms with E-state index >= 15 is 0 Å². The number of nitrogens with zero attached hydrogens (tertiary/aromatic N) is 2. The maximum Gasteiger partial charge on any atom is 0.195 e. The first-order valence-corrected chi connectivity index (χ1v) is 2.17. The molecule has 0 radical (unpaired) electrons. The Morgan fingerprint density at radius 1 is 1.50 bits per heavy atom. The van der Waals surface area contributed by atoms with E-state index in [4.69, 9.17) is 0 Å². The Hall–Kier alpha value is -0.0800. The van der Waals surface area contributed by atoms with Crippen LogP contribution in [0.25, 0.3) is 0 Å². The molecule has 6 heavy (non-hydrogen) atoms. The highest BCUT2D eigenvalue weighted by molar-refractivity contribution is 4.33. The van der Waals surface area contributed by atoms with Crippen LogP contribution in [0.2, 0.25) is 0 Å². The molecule has 2 heteroatoms. The summed E-state index contributed by atoms with van der Waals surface area (Å²) in [6.45, 7) is 1.21. The highest BCUT2D eigenvalue weighted by Crippen LogP contribution is 2.17. The Bertz CT molecular complexity index is 67.9. The van der Waals surface area contributed by atoms with Gasteiger partial charge >= 0.3 is 0 Å². The lowest BCUT2D eigenvalue weighted by Crippen LogP contribution is -2.16. The van der Waals surface area contributed by atoms with Crippen LogP contribution in [-0.4, -0.2) is 37.4 Å². The Balaban J connectivity index is 2.41. The minimum absolute atomic E-state index is 1.07. The fourth-order valence-corrected chi connectivity index (χ4v) is 0.473. The molecule has 1 unspecified atom stereocenters. The van der Waals surface area contributed by atoms with E-state index in [1.54, 1.807) is 0 Å². The topological polar surface area (TPSA) is 3.01 Å². The standard InChI is InChI=1S/C4H11N2/c1-5-4-6(5,2)3/h4H2,1-3H3/q+1. The molecular formula is C4H11N2+. The molecule has 0 aromatic heterocycles. The van der Waals surface area contributed by atoms with Crippen molar-refractivity contribution in [2.45, 2.75) is 0 Å². The number of hydrogen-bond acceptors (Lipinski definition) is 1. The van der Waals surface area contributed by atoms with E-state index < -0.39 is 0 Å². The number of quaternary nitrogens is 1. The van der Waals surface area contributed by atoms with Crippen molar-refractivity contribution in [3.05, 3.63) is 0 Å². The van der Waals surface area contributed by atoms with Gasteiger partial charge in [0.2, 0.25) is 0 Å². The van der Waals surface area contributed by atoms with E-state index in [1.165, 1.54) is 6.67 Å². The molecule has 0 aliphatic carbocycles. The van der Waals surface area contributed by atoms with E-state index in [1.807, 2.05) is 0 Å². The Morgan fingerprint density at radius 2 is 1.67 bits per heavy atom. The van der Waals surface area contributed by atoms with Crippen LogP contribution in [0.4, 0.5) is 0 Å². The van der Waals surface area contributed by atoms with Gasteiger partial charge in [-0.3, -0.25) is 0 Å². The molecule has 1 saturated heterocycles. The molecule has 1 heterocycles. The van der Waals surface area contributed by atoms with E-state index in [0.717, 1.165) is 4.59 Å². The predicted octanol–water partition coefficient (Wildman–Crippen LogP) is -0.119. The summed E-state index contributed by atoms with van der Waals surface area (Å²) >= 11 is 0. The summed E-state index contributed by atoms with van der Waals surface area (Å²) in [5, 5.41) is 2.25. The predicted molar refractivity (Wildman–Crippen MR) is 24.7 cm³/mol. The molecule has 0 N–H and O–H groups in total. The van der Waals surface area contributed by atoms with Gasteiger partial charge in [-0.05, 0) is 0 Å². The molecule has 1 rings (SSSR count). The van der Waals surface area contributed by atoms with Crippen LogP contribution in [0, 0.1) is 0 Å². The summed E-state index contributed by atoms with van der Waals surface area (Å²) in [5.41, 5.74) is 0. The zero-order chi connectivity index (χ0) is 4.78. The van der Waals surface area contributed by atoms with E-state index in [0.29, 0.717) is 0 Å². The average Bonchev–Trinajstić information content (AvgIpc) is 1.73. The Kier molecular flexibility index (Phi) is 0.524. The Morgan fingerprint density at radius 3 is 1.67 bits per heavy atom. The maximum absolute atomic E-state index is 2.25. The monoisotopic (exact) mass is 87.1 g/mol. The quantitative estimate of drug-likeness (QED) is 0.294. The average molecular weight is 87.1 g/mol. The summed E-state index contributed by atoms with van der Waals surface area (Å²) in [5.74, 6) is 0. The zero-order valence-corrected chi connectivity index (χ0v) is 4.60. The van der Waals surface area contributed by atoms with E-state index in [2.05, 4.69) is 26.2 Å². The van der Waals surface area contributed by atoms with Crippen molar-refractivity contribution in [2.75, 3.05) is 27.8 Å². The zero-order valence-electron chi connectivity index (χ0n) is 4.60. The molecule has 1 atom stereocenters. The van der Waals surface area contributed by atoms with Crippen LogP contribution < -0.4 is 0 Å². The molecule has 0 aromatic carbocycles. The highest BCUT2D eigenvalue weighted by atomic mass is 15.9. The first-order valence-electron chi connectivity index (χ1n) is 2.17. The fourth-order valence-electron chi connectivity index (χ4n) is 0.473. The normalized spacial score (nSPS) is 39.5. The second-order valence-electron chi connectivity index (χ2n) is 2.42. The van der Waals surface area contributed by atoms with Crippen molar-refractivity contribution in [2.24, 2.45) is 0 Å². The van der Waals surface area contributed by atoms with Crippen LogP contribution in [0.15, 0.2) is 0 Å². The third-order valence-corrected chi connectivity index (χ3v) is 1.39. The molecule has 1 aliphatic rings. The summed E-state index contributed by atoms with van der Waals surface area (Å²) in [4.78, 5) is 0. The van der Waals surface area contributed by atoms with Crippen LogP contribution in [0.1, 0.15) is 0 Å². The van der Waals surface area contributed by atoms with Gasteiger partial charge in [0.05, 0.1) is 14.1 Å². The van der Waals surface area contributed by atoms with Gasteiger partial charge in [-0.25, -0.2) is 4.59 Å². The lowest BCUT2D eigenvalue weighted by molar-refractivity contribution is -0.824. The van der Waals surface area contributed by atoms with Gasteiger partial charge in [0.25, 0.3) is 0 Å². The smallest absolute Gasteiger partial charge is 0.195 e. The summed E-state index contributed by atoms with van der Waals surface area (Å²) in [6.07, 6.45) is 0. The van der Waals surface area contributed by atoms with Crippen molar-refractivity contribution in [3.63, 3.8) is 0 Å². The second kappa shape index (κ2) is 0.768. The molecule has 0 amide bonds. The van der Waals surface area contributed by atoms with Gasteiger partial charge in [0, 0.05) is 7.05 Å². The lowest BCUT2D eigenvalue weighted by Gasteiger charge is -1.97. The largest absolute Gasteiger partial charge is 0.227 e. The lowest BCUT2D eigenvalue weighted by atomic mass is 11.0. The fraction of sp³-hybridized carbons (Fsp3) is 1.00. The minimum Gasteiger partial charge on any atom is -0.227 e. The van der Waals surface area contributed by atoms with Gasteiger partial charge in [-0.2, -0.15) is 0 Å². The molecule has 2 nitrogen and oxygen atoms in total. The van der Waals surface area contributed by atoms with Crippen molar-refractivity contribution in [1.29, 1.82) is 0 Å². The van der Waals surface area contributed by atoms with Gasteiger partial charge < -0.3 is 0 Å². The molecule has 1 aliphatic heterocycles. The number of hydrogen-bond donors (Lipinski definition) is 0. The molecule has 0 aromatic rings. The van der Waals surface area contributed by atoms with Crippen LogP contribution >= 0.6 is 0 Å².